The first-order valence-corrected chi connectivity index (χ1v) is 8.00. The number of amides is 1. The van der Waals surface area contributed by atoms with Crippen LogP contribution in [-0.4, -0.2) is 21.4 Å². The summed E-state index contributed by atoms with van der Waals surface area (Å²) in [6, 6.07) is 11.9. The van der Waals surface area contributed by atoms with Crippen LogP contribution in [0, 0.1) is 0 Å². The van der Waals surface area contributed by atoms with Crippen molar-refractivity contribution < 1.29 is 18.0 Å². The number of carbonyl (C=O) groups is 1. The van der Waals surface area contributed by atoms with Crippen molar-refractivity contribution in [3.8, 4) is 0 Å². The molecule has 116 valence electrons. The summed E-state index contributed by atoms with van der Waals surface area (Å²) in [6.07, 6.45) is 0. The molecule has 0 aromatic heterocycles. The third-order valence-corrected chi connectivity index (χ3v) is 4.29. The van der Waals surface area contributed by atoms with E-state index in [-0.39, 0.29) is 10.5 Å². The molecule has 1 amide bonds. The number of hydroxylamine groups is 1. The van der Waals surface area contributed by atoms with Gasteiger partial charge in [0.15, 0.2) is 0 Å². The summed E-state index contributed by atoms with van der Waals surface area (Å²) in [5.74, 6) is -0.540. The summed E-state index contributed by atoms with van der Waals surface area (Å²) < 4.78 is 27.1. The van der Waals surface area contributed by atoms with Gasteiger partial charge in [-0.2, -0.15) is 0 Å². The second-order valence-electron chi connectivity index (χ2n) is 4.28. The molecule has 0 spiro atoms. The average Bonchev–Trinajstić information content (AvgIpc) is 2.47. The molecule has 2 aromatic rings. The van der Waals surface area contributed by atoms with Crippen LogP contribution in [0.1, 0.15) is 10.4 Å². The van der Waals surface area contributed by atoms with E-state index in [9.17, 15) is 13.2 Å². The molecule has 6 nitrogen and oxygen atoms in total. The Morgan fingerprint density at radius 1 is 1.14 bits per heavy atom. The minimum atomic E-state index is -3.83. The Morgan fingerprint density at radius 3 is 2.55 bits per heavy atom. The molecule has 0 aliphatic rings. The van der Waals surface area contributed by atoms with E-state index < -0.39 is 15.9 Å². The maximum atomic E-state index is 12.3. The quantitative estimate of drug-likeness (QED) is 0.819. The number of sulfonamides is 1. The van der Waals surface area contributed by atoms with Crippen LogP contribution in [0.2, 0.25) is 5.02 Å². The lowest BCUT2D eigenvalue weighted by atomic mass is 10.2. The van der Waals surface area contributed by atoms with Crippen LogP contribution in [0.15, 0.2) is 53.4 Å². The molecule has 8 heteroatoms. The van der Waals surface area contributed by atoms with Gasteiger partial charge >= 0.3 is 0 Å². The summed E-state index contributed by atoms with van der Waals surface area (Å²) in [5.41, 5.74) is 2.62. The Morgan fingerprint density at radius 2 is 1.86 bits per heavy atom. The second-order valence-corrected chi connectivity index (χ2v) is 6.40. The van der Waals surface area contributed by atoms with Gasteiger partial charge in [0.2, 0.25) is 0 Å². The van der Waals surface area contributed by atoms with Crippen molar-refractivity contribution in [1.82, 2.24) is 5.48 Å². The standard InChI is InChI=1S/C14H13ClN2O4S/c1-21-16-14(18)10-4-2-7-13(8-10)22(19,20)17-12-6-3-5-11(15)9-12/h2-9,17H,1H3,(H,16,18). The molecule has 0 radical (unpaired) electrons. The Hall–Kier alpha value is -2.09. The van der Waals surface area contributed by atoms with Gasteiger partial charge in [-0.1, -0.05) is 23.7 Å². The molecular formula is C14H13ClN2O4S. The lowest BCUT2D eigenvalue weighted by molar-refractivity contribution is 0.0537. The maximum absolute atomic E-state index is 12.3. The number of hydrogen-bond donors (Lipinski definition) is 2. The van der Waals surface area contributed by atoms with Crippen molar-refractivity contribution >= 4 is 33.2 Å². The molecule has 2 rings (SSSR count). The van der Waals surface area contributed by atoms with Crippen molar-refractivity contribution in [1.29, 1.82) is 0 Å². The van der Waals surface area contributed by atoms with Gasteiger partial charge in [-0.15, -0.1) is 0 Å². The Kier molecular flexibility index (Phi) is 5.02. The molecule has 0 heterocycles. The molecule has 2 N–H and O–H groups in total. The largest absolute Gasteiger partial charge is 0.280 e. The molecule has 0 saturated carbocycles. The normalized spacial score (nSPS) is 11.0. The Labute approximate surface area is 133 Å². The summed E-state index contributed by atoms with van der Waals surface area (Å²) in [6.45, 7) is 0. The van der Waals surface area contributed by atoms with E-state index in [1.807, 2.05) is 0 Å². The van der Waals surface area contributed by atoms with Crippen LogP contribution in [0.25, 0.3) is 0 Å². The molecule has 0 unspecified atom stereocenters. The monoisotopic (exact) mass is 340 g/mol. The first-order chi connectivity index (χ1) is 10.4. The van der Waals surface area contributed by atoms with Crippen LogP contribution in [0.3, 0.4) is 0 Å². The highest BCUT2D eigenvalue weighted by atomic mass is 35.5. The third-order valence-electron chi connectivity index (χ3n) is 2.68. The fourth-order valence-corrected chi connectivity index (χ4v) is 3.01. The van der Waals surface area contributed by atoms with Crippen LogP contribution in [0.4, 0.5) is 5.69 Å². The van der Waals surface area contributed by atoms with E-state index in [0.717, 1.165) is 0 Å². The fourth-order valence-electron chi connectivity index (χ4n) is 1.72. The first kappa shape index (κ1) is 16.3. The molecule has 0 saturated heterocycles. The van der Waals surface area contributed by atoms with Crippen molar-refractivity contribution in [2.45, 2.75) is 4.90 Å². The Balaban J connectivity index is 2.30. The lowest BCUT2D eigenvalue weighted by Gasteiger charge is -2.09. The molecule has 0 aliphatic carbocycles. The number of hydrogen-bond acceptors (Lipinski definition) is 4. The van der Waals surface area contributed by atoms with E-state index in [0.29, 0.717) is 10.7 Å². The molecule has 0 bridgehead atoms. The second kappa shape index (κ2) is 6.78. The van der Waals surface area contributed by atoms with Crippen molar-refractivity contribution in [2.75, 3.05) is 11.8 Å². The van der Waals surface area contributed by atoms with Gasteiger partial charge in [0.05, 0.1) is 17.7 Å². The highest BCUT2D eigenvalue weighted by Crippen LogP contribution is 2.20. The predicted molar refractivity (Wildman–Crippen MR) is 83.2 cm³/mol. The topological polar surface area (TPSA) is 84.5 Å². The minimum Gasteiger partial charge on any atom is -0.280 e. The molecule has 0 atom stereocenters. The summed E-state index contributed by atoms with van der Waals surface area (Å²) in [7, 11) is -2.54. The van der Waals surface area contributed by atoms with Crippen molar-refractivity contribution in [3.05, 3.63) is 59.1 Å². The van der Waals surface area contributed by atoms with E-state index in [1.165, 1.54) is 37.4 Å². The highest BCUT2D eigenvalue weighted by Gasteiger charge is 2.16. The van der Waals surface area contributed by atoms with E-state index >= 15 is 0 Å². The zero-order valence-electron chi connectivity index (χ0n) is 11.5. The van der Waals surface area contributed by atoms with Crippen LogP contribution in [0.5, 0.6) is 0 Å². The smallest absolute Gasteiger partial charge is 0.274 e. The third kappa shape index (κ3) is 3.97. The van der Waals surface area contributed by atoms with Gasteiger partial charge in [0.25, 0.3) is 15.9 Å². The molecular weight excluding hydrogens is 328 g/mol. The lowest BCUT2D eigenvalue weighted by Crippen LogP contribution is -2.22. The number of nitrogens with one attached hydrogen (secondary N) is 2. The van der Waals surface area contributed by atoms with E-state index in [4.69, 9.17) is 11.6 Å². The van der Waals surface area contributed by atoms with Crippen LogP contribution >= 0.6 is 11.6 Å². The van der Waals surface area contributed by atoms with Gasteiger partial charge < -0.3 is 0 Å². The number of halogens is 1. The molecule has 22 heavy (non-hydrogen) atoms. The number of benzene rings is 2. The summed E-state index contributed by atoms with van der Waals surface area (Å²) >= 11 is 5.82. The van der Waals surface area contributed by atoms with Crippen molar-refractivity contribution in [3.63, 3.8) is 0 Å². The minimum absolute atomic E-state index is 0.0452. The van der Waals surface area contributed by atoms with Gasteiger partial charge in [0.1, 0.15) is 0 Å². The first-order valence-electron chi connectivity index (χ1n) is 6.14. The SMILES string of the molecule is CONC(=O)c1cccc(S(=O)(=O)Nc2cccc(Cl)c2)c1. The van der Waals surface area contributed by atoms with Gasteiger partial charge in [-0.25, -0.2) is 13.9 Å². The van der Waals surface area contributed by atoms with Gasteiger partial charge in [0, 0.05) is 10.6 Å². The highest BCUT2D eigenvalue weighted by molar-refractivity contribution is 7.92. The van der Waals surface area contributed by atoms with Crippen molar-refractivity contribution in [2.24, 2.45) is 0 Å². The number of carbonyl (C=O) groups excluding carboxylic acids is 1. The van der Waals surface area contributed by atoms with Crippen LogP contribution < -0.4 is 10.2 Å². The number of anilines is 1. The van der Waals surface area contributed by atoms with E-state index in [1.54, 1.807) is 18.2 Å². The predicted octanol–water partition coefficient (Wildman–Crippen LogP) is 2.43. The van der Waals surface area contributed by atoms with Gasteiger partial charge in [-0.05, 0) is 36.4 Å². The molecule has 0 aliphatic heterocycles. The summed E-state index contributed by atoms with van der Waals surface area (Å²) in [5, 5.41) is 0.411. The van der Waals surface area contributed by atoms with E-state index in [2.05, 4.69) is 15.0 Å². The number of rotatable bonds is 5. The molecule has 2 aromatic carbocycles. The zero-order chi connectivity index (χ0) is 16.2. The maximum Gasteiger partial charge on any atom is 0.274 e. The average molecular weight is 341 g/mol. The van der Waals surface area contributed by atoms with Crippen LogP contribution in [-0.2, 0) is 14.9 Å². The van der Waals surface area contributed by atoms with Gasteiger partial charge in [-0.3, -0.25) is 14.4 Å². The Bertz CT molecular complexity index is 793. The fraction of sp³-hybridized carbons (Fsp3) is 0.0714. The molecule has 0 fully saturated rings. The summed E-state index contributed by atoms with van der Waals surface area (Å²) in [4.78, 5) is 16.1. The zero-order valence-corrected chi connectivity index (χ0v) is 13.1.